The molecule has 4 heteroatoms. The van der Waals surface area contributed by atoms with E-state index >= 15 is 0 Å². The Kier molecular flexibility index (Phi) is 8.33. The van der Waals surface area contributed by atoms with Crippen molar-refractivity contribution in [1.29, 1.82) is 0 Å². The molecule has 0 bridgehead atoms. The topological polar surface area (TPSA) is 43.8 Å². The highest BCUT2D eigenvalue weighted by Crippen LogP contribution is 1.99. The third kappa shape index (κ3) is 7.33. The molecule has 0 aromatic heterocycles. The van der Waals surface area contributed by atoms with Gasteiger partial charge in [-0.15, -0.1) is 0 Å². The van der Waals surface area contributed by atoms with Gasteiger partial charge in [0.05, 0.1) is 0 Å². The molecule has 0 fully saturated rings. The van der Waals surface area contributed by atoms with Crippen LogP contribution in [0.3, 0.4) is 0 Å². The van der Waals surface area contributed by atoms with Gasteiger partial charge in [0.25, 0.3) is 0 Å². The van der Waals surface area contributed by atoms with Gasteiger partial charge in [-0.05, 0) is 40.4 Å². The average molecular weight is 216 g/mol. The minimum absolute atomic E-state index is 0.0982. The van der Waals surface area contributed by atoms with Gasteiger partial charge in [-0.3, -0.25) is 4.79 Å². The summed E-state index contributed by atoms with van der Waals surface area (Å²) < 4.78 is 0. The smallest absolute Gasteiger partial charge is 0.222 e. The third-order valence-electron chi connectivity index (χ3n) is 2.32. The van der Waals surface area contributed by atoms with Crippen LogP contribution in [0, 0.1) is 0 Å². The third-order valence-corrected chi connectivity index (χ3v) is 2.32. The molecule has 90 valence electrons. The molecule has 1 amide bonds. The lowest BCUT2D eigenvalue weighted by molar-refractivity contribution is -0.131. The molecule has 0 aliphatic heterocycles. The molecule has 0 radical (unpaired) electrons. The molecule has 0 aliphatic rings. The van der Waals surface area contributed by atoms with Crippen LogP contribution in [-0.2, 0) is 4.79 Å². The molecule has 1 N–H and O–H groups in total. The Morgan fingerprint density at radius 1 is 1.20 bits per heavy atom. The summed E-state index contributed by atoms with van der Waals surface area (Å²) in [5.74, 6) is 0.158. The van der Waals surface area contributed by atoms with E-state index in [9.17, 15) is 4.79 Å². The van der Waals surface area contributed by atoms with Crippen molar-refractivity contribution >= 4 is 5.91 Å². The van der Waals surface area contributed by atoms with Crippen molar-refractivity contribution in [3.8, 4) is 0 Å². The lowest BCUT2D eigenvalue weighted by Gasteiger charge is -2.21. The number of rotatable bonds is 8. The van der Waals surface area contributed by atoms with Crippen LogP contribution in [0.2, 0.25) is 0 Å². The number of nitrogens with zero attached hydrogens (tertiary/aromatic N) is 2. The Morgan fingerprint density at radius 2 is 1.87 bits per heavy atom. The van der Waals surface area contributed by atoms with Gasteiger partial charge in [-0.2, -0.15) is 0 Å². The summed E-state index contributed by atoms with van der Waals surface area (Å²) in [7, 11) is 4.06. The first kappa shape index (κ1) is 14.4. The number of carbonyl (C=O) groups is 1. The van der Waals surface area contributed by atoms with Gasteiger partial charge in [-0.25, -0.2) is 0 Å². The Bertz CT molecular complexity index is 172. The van der Waals surface area contributed by atoms with Crippen molar-refractivity contribution in [2.75, 3.05) is 40.3 Å². The highest BCUT2D eigenvalue weighted by atomic mass is 16.3. The minimum atomic E-state index is 0.0982. The van der Waals surface area contributed by atoms with Gasteiger partial charge in [0.15, 0.2) is 0 Å². The normalized spacial score (nSPS) is 10.7. The van der Waals surface area contributed by atoms with Crippen LogP contribution in [0.5, 0.6) is 0 Å². The van der Waals surface area contributed by atoms with Crippen LogP contribution in [0.25, 0.3) is 0 Å². The molecule has 0 heterocycles. The minimum Gasteiger partial charge on any atom is -0.396 e. The number of aliphatic hydroxyl groups is 1. The molecule has 0 saturated heterocycles. The van der Waals surface area contributed by atoms with E-state index in [1.807, 2.05) is 25.9 Å². The summed E-state index contributed by atoms with van der Waals surface area (Å²) in [6.45, 7) is 4.67. The molecule has 0 aromatic rings. The summed E-state index contributed by atoms with van der Waals surface area (Å²) in [5.41, 5.74) is 0. The lowest BCUT2D eigenvalue weighted by Crippen LogP contribution is -2.33. The Labute approximate surface area is 92.9 Å². The molecule has 0 spiro atoms. The van der Waals surface area contributed by atoms with Crippen LogP contribution in [-0.4, -0.2) is 61.2 Å². The molecular formula is C11H24N2O2. The number of aliphatic hydroxyl groups excluding tert-OH is 1. The van der Waals surface area contributed by atoms with E-state index in [0.29, 0.717) is 12.8 Å². The van der Waals surface area contributed by atoms with Crippen LogP contribution in [0.15, 0.2) is 0 Å². The van der Waals surface area contributed by atoms with Gasteiger partial charge in [0.2, 0.25) is 5.91 Å². The fourth-order valence-corrected chi connectivity index (χ4v) is 1.43. The molecule has 0 rings (SSSR count). The zero-order valence-electron chi connectivity index (χ0n) is 10.2. The van der Waals surface area contributed by atoms with E-state index in [0.717, 1.165) is 26.1 Å². The summed E-state index contributed by atoms with van der Waals surface area (Å²) in [5, 5.41) is 8.64. The number of amides is 1. The van der Waals surface area contributed by atoms with E-state index < -0.39 is 0 Å². The second-order valence-corrected chi connectivity index (χ2v) is 3.96. The molecule has 15 heavy (non-hydrogen) atoms. The SMILES string of the molecule is CCN(CCCN(C)C)C(=O)CCCO. The van der Waals surface area contributed by atoms with Crippen molar-refractivity contribution in [2.45, 2.75) is 26.2 Å². The van der Waals surface area contributed by atoms with E-state index in [2.05, 4.69) is 4.90 Å². The van der Waals surface area contributed by atoms with E-state index in [1.165, 1.54) is 0 Å². The molecule has 4 nitrogen and oxygen atoms in total. The highest BCUT2D eigenvalue weighted by Gasteiger charge is 2.10. The van der Waals surface area contributed by atoms with Gasteiger partial charge in [0, 0.05) is 26.1 Å². The zero-order chi connectivity index (χ0) is 11.7. The monoisotopic (exact) mass is 216 g/mol. The molecular weight excluding hydrogens is 192 g/mol. The zero-order valence-corrected chi connectivity index (χ0v) is 10.2. The standard InChI is InChI=1S/C11H24N2O2/c1-4-13(9-6-8-12(2)3)11(15)7-5-10-14/h14H,4-10H2,1-3H3. The average Bonchev–Trinajstić information content (AvgIpc) is 2.20. The molecule has 0 aromatic carbocycles. The highest BCUT2D eigenvalue weighted by molar-refractivity contribution is 5.76. The summed E-state index contributed by atoms with van der Waals surface area (Å²) >= 11 is 0. The number of hydrogen-bond donors (Lipinski definition) is 1. The first-order chi connectivity index (χ1) is 7.11. The van der Waals surface area contributed by atoms with Crippen LogP contribution in [0.1, 0.15) is 26.2 Å². The Hall–Kier alpha value is -0.610. The van der Waals surface area contributed by atoms with E-state index in [1.54, 1.807) is 0 Å². The molecule has 0 unspecified atom stereocenters. The first-order valence-electron chi connectivity index (χ1n) is 5.65. The van der Waals surface area contributed by atoms with Gasteiger partial charge in [0.1, 0.15) is 0 Å². The van der Waals surface area contributed by atoms with Crippen LogP contribution >= 0.6 is 0 Å². The first-order valence-corrected chi connectivity index (χ1v) is 5.65. The fourth-order valence-electron chi connectivity index (χ4n) is 1.43. The van der Waals surface area contributed by atoms with Crippen molar-refractivity contribution in [1.82, 2.24) is 9.80 Å². The second kappa shape index (κ2) is 8.68. The van der Waals surface area contributed by atoms with E-state index in [-0.39, 0.29) is 12.5 Å². The maximum absolute atomic E-state index is 11.6. The van der Waals surface area contributed by atoms with Crippen molar-refractivity contribution < 1.29 is 9.90 Å². The van der Waals surface area contributed by atoms with Crippen molar-refractivity contribution in [3.63, 3.8) is 0 Å². The van der Waals surface area contributed by atoms with Crippen molar-refractivity contribution in [3.05, 3.63) is 0 Å². The van der Waals surface area contributed by atoms with E-state index in [4.69, 9.17) is 5.11 Å². The maximum atomic E-state index is 11.6. The molecule has 0 aliphatic carbocycles. The van der Waals surface area contributed by atoms with Gasteiger partial charge in [-0.1, -0.05) is 0 Å². The molecule has 0 atom stereocenters. The Balaban J connectivity index is 3.75. The van der Waals surface area contributed by atoms with Crippen molar-refractivity contribution in [2.24, 2.45) is 0 Å². The Morgan fingerprint density at radius 3 is 2.33 bits per heavy atom. The summed E-state index contributed by atoms with van der Waals surface area (Å²) in [6, 6.07) is 0. The predicted molar refractivity (Wildman–Crippen MR) is 61.7 cm³/mol. The second-order valence-electron chi connectivity index (χ2n) is 3.96. The number of hydrogen-bond acceptors (Lipinski definition) is 3. The quantitative estimate of drug-likeness (QED) is 0.645. The summed E-state index contributed by atoms with van der Waals surface area (Å²) in [6.07, 6.45) is 2.04. The molecule has 0 saturated carbocycles. The predicted octanol–water partition coefficient (Wildman–Crippen LogP) is 0.559. The summed E-state index contributed by atoms with van der Waals surface area (Å²) in [4.78, 5) is 15.6. The fraction of sp³-hybridized carbons (Fsp3) is 0.909. The largest absolute Gasteiger partial charge is 0.396 e. The number of carbonyl (C=O) groups excluding carboxylic acids is 1. The van der Waals surface area contributed by atoms with Gasteiger partial charge >= 0.3 is 0 Å². The lowest BCUT2D eigenvalue weighted by atomic mass is 10.2. The van der Waals surface area contributed by atoms with Crippen LogP contribution in [0.4, 0.5) is 0 Å². The maximum Gasteiger partial charge on any atom is 0.222 e. The van der Waals surface area contributed by atoms with Crippen LogP contribution < -0.4 is 0 Å². The van der Waals surface area contributed by atoms with Gasteiger partial charge < -0.3 is 14.9 Å².